The topological polar surface area (TPSA) is 75.2 Å². The van der Waals surface area contributed by atoms with E-state index in [1.54, 1.807) is 19.0 Å². The van der Waals surface area contributed by atoms with Crippen molar-refractivity contribution in [3.8, 4) is 5.75 Å². The zero-order valence-corrected chi connectivity index (χ0v) is 18.8. The Kier molecular flexibility index (Phi) is 11.8. The largest absolute Gasteiger partial charge is 0.491 e. The van der Waals surface area contributed by atoms with Gasteiger partial charge < -0.3 is 25.0 Å². The number of benzene rings is 1. The van der Waals surface area contributed by atoms with Crippen LogP contribution < -0.4 is 15.4 Å². The summed E-state index contributed by atoms with van der Waals surface area (Å²) >= 11 is 0. The summed E-state index contributed by atoms with van der Waals surface area (Å²) in [5, 5.41) is 6.52. The van der Waals surface area contributed by atoms with Crippen molar-refractivity contribution in [2.45, 2.75) is 46.6 Å². The Hall–Kier alpha value is -2.28. The second kappa shape index (κ2) is 13.8. The number of amides is 1. The third-order valence-electron chi connectivity index (χ3n) is 3.79. The van der Waals surface area contributed by atoms with Gasteiger partial charge in [0.2, 0.25) is 5.91 Å². The Morgan fingerprint density at radius 1 is 1.14 bits per heavy atom. The quantitative estimate of drug-likeness (QED) is 0.316. The molecule has 0 saturated carbocycles. The fourth-order valence-electron chi connectivity index (χ4n) is 2.35. The van der Waals surface area contributed by atoms with Gasteiger partial charge in [0, 0.05) is 52.5 Å². The summed E-state index contributed by atoms with van der Waals surface area (Å²) in [4.78, 5) is 18.0. The Balaban J connectivity index is 2.60. The van der Waals surface area contributed by atoms with Gasteiger partial charge in [-0.1, -0.05) is 13.8 Å². The van der Waals surface area contributed by atoms with Gasteiger partial charge in [-0.3, -0.25) is 9.79 Å². The number of rotatable bonds is 12. The maximum Gasteiger partial charge on any atom is 0.223 e. The molecular weight excluding hydrogens is 368 g/mol. The van der Waals surface area contributed by atoms with E-state index < -0.39 is 0 Å². The molecule has 0 spiro atoms. The first kappa shape index (κ1) is 24.8. The first-order chi connectivity index (χ1) is 13.8. The lowest BCUT2D eigenvalue weighted by molar-refractivity contribution is -0.128. The van der Waals surface area contributed by atoms with Crippen molar-refractivity contribution in [2.75, 3.05) is 45.7 Å². The van der Waals surface area contributed by atoms with Gasteiger partial charge in [-0.05, 0) is 50.5 Å². The molecule has 0 aromatic heterocycles. The number of hydrogen-bond acceptors (Lipinski definition) is 4. The van der Waals surface area contributed by atoms with Crippen LogP contribution in [0.25, 0.3) is 0 Å². The standard InChI is InChI=1S/C22H38N4O3/c1-17(2)16-28-15-7-13-23-22(24-14-12-21(27)26(5)6)25-19-8-10-20(11-9-19)29-18(3)4/h8-11,17-18H,7,12-16H2,1-6H3,(H2,23,24,25). The average molecular weight is 407 g/mol. The Morgan fingerprint density at radius 3 is 2.41 bits per heavy atom. The van der Waals surface area contributed by atoms with E-state index in [1.165, 1.54) is 0 Å². The molecule has 1 rings (SSSR count). The summed E-state index contributed by atoms with van der Waals surface area (Å²) in [6.07, 6.45) is 1.39. The number of hydrogen-bond donors (Lipinski definition) is 2. The molecular formula is C22H38N4O3. The molecule has 7 nitrogen and oxygen atoms in total. The summed E-state index contributed by atoms with van der Waals surface area (Å²) in [5.41, 5.74) is 0.905. The van der Waals surface area contributed by atoms with Crippen LogP contribution in [0.1, 0.15) is 40.5 Å². The van der Waals surface area contributed by atoms with Gasteiger partial charge in [-0.15, -0.1) is 0 Å². The van der Waals surface area contributed by atoms with E-state index >= 15 is 0 Å². The summed E-state index contributed by atoms with van der Waals surface area (Å²) in [5.74, 6) is 2.09. The van der Waals surface area contributed by atoms with Gasteiger partial charge in [0.25, 0.3) is 0 Å². The second-order valence-electron chi connectivity index (χ2n) is 7.83. The lowest BCUT2D eigenvalue weighted by Crippen LogP contribution is -2.34. The molecule has 1 amide bonds. The molecule has 29 heavy (non-hydrogen) atoms. The fourth-order valence-corrected chi connectivity index (χ4v) is 2.35. The summed E-state index contributed by atoms with van der Waals surface area (Å²) < 4.78 is 11.3. The highest BCUT2D eigenvalue weighted by molar-refractivity contribution is 5.93. The maximum atomic E-state index is 11.8. The van der Waals surface area contributed by atoms with Gasteiger partial charge in [-0.2, -0.15) is 0 Å². The van der Waals surface area contributed by atoms with Crippen LogP contribution in [0.5, 0.6) is 5.75 Å². The van der Waals surface area contributed by atoms with E-state index in [0.717, 1.165) is 24.5 Å². The van der Waals surface area contributed by atoms with Crippen molar-refractivity contribution in [2.24, 2.45) is 10.9 Å². The predicted octanol–water partition coefficient (Wildman–Crippen LogP) is 3.37. The minimum absolute atomic E-state index is 0.0779. The molecule has 0 bridgehead atoms. The number of carbonyl (C=O) groups excluding carboxylic acids is 1. The molecule has 164 valence electrons. The average Bonchev–Trinajstić information content (AvgIpc) is 2.64. The number of guanidine groups is 1. The van der Waals surface area contributed by atoms with Crippen molar-refractivity contribution in [1.82, 2.24) is 10.2 Å². The van der Waals surface area contributed by atoms with E-state index in [1.807, 2.05) is 38.1 Å². The molecule has 0 radical (unpaired) electrons. The minimum atomic E-state index is 0.0779. The molecule has 0 heterocycles. The lowest BCUT2D eigenvalue weighted by Gasteiger charge is -2.15. The summed E-state index contributed by atoms with van der Waals surface area (Å²) in [6.45, 7) is 10.9. The van der Waals surface area contributed by atoms with Gasteiger partial charge in [0.15, 0.2) is 5.96 Å². The first-order valence-corrected chi connectivity index (χ1v) is 10.4. The number of aliphatic imine (C=N–C) groups is 1. The zero-order chi connectivity index (χ0) is 21.6. The van der Waals surface area contributed by atoms with E-state index in [2.05, 4.69) is 29.5 Å². The number of anilines is 1. The van der Waals surface area contributed by atoms with E-state index in [-0.39, 0.29) is 12.0 Å². The normalized spacial score (nSPS) is 11.7. The predicted molar refractivity (Wildman–Crippen MR) is 120 cm³/mol. The summed E-state index contributed by atoms with van der Waals surface area (Å²) in [7, 11) is 3.51. The first-order valence-electron chi connectivity index (χ1n) is 10.4. The highest BCUT2D eigenvalue weighted by Gasteiger charge is 2.06. The molecule has 0 unspecified atom stereocenters. The van der Waals surface area contributed by atoms with Crippen molar-refractivity contribution < 1.29 is 14.3 Å². The highest BCUT2D eigenvalue weighted by Crippen LogP contribution is 2.16. The Bertz CT molecular complexity index is 613. The van der Waals surface area contributed by atoms with Crippen molar-refractivity contribution >= 4 is 17.6 Å². The molecule has 0 fully saturated rings. The van der Waals surface area contributed by atoms with E-state index in [0.29, 0.717) is 38.0 Å². The van der Waals surface area contributed by atoms with Crippen LogP contribution in [0.4, 0.5) is 5.69 Å². The van der Waals surface area contributed by atoms with E-state index in [4.69, 9.17) is 9.47 Å². The maximum absolute atomic E-state index is 11.8. The third-order valence-corrected chi connectivity index (χ3v) is 3.79. The van der Waals surface area contributed by atoms with Crippen LogP contribution in [0.3, 0.4) is 0 Å². The Morgan fingerprint density at radius 2 is 1.83 bits per heavy atom. The number of carbonyl (C=O) groups is 1. The summed E-state index contributed by atoms with van der Waals surface area (Å²) in [6, 6.07) is 7.75. The van der Waals surface area contributed by atoms with Gasteiger partial charge >= 0.3 is 0 Å². The molecule has 0 atom stereocenters. The molecule has 0 saturated heterocycles. The van der Waals surface area contributed by atoms with Gasteiger partial charge in [0.05, 0.1) is 6.10 Å². The molecule has 0 aliphatic heterocycles. The van der Waals surface area contributed by atoms with E-state index in [9.17, 15) is 4.79 Å². The molecule has 1 aromatic carbocycles. The van der Waals surface area contributed by atoms with Crippen molar-refractivity contribution in [3.63, 3.8) is 0 Å². The molecule has 1 aromatic rings. The monoisotopic (exact) mass is 406 g/mol. The van der Waals surface area contributed by atoms with Crippen LogP contribution in [-0.4, -0.2) is 63.3 Å². The minimum Gasteiger partial charge on any atom is -0.491 e. The molecule has 0 aliphatic rings. The number of ether oxygens (including phenoxy) is 2. The third kappa shape index (κ3) is 12.0. The van der Waals surface area contributed by atoms with Crippen LogP contribution in [-0.2, 0) is 9.53 Å². The fraction of sp³-hybridized carbons (Fsp3) is 0.636. The number of nitrogens with zero attached hydrogens (tertiary/aromatic N) is 2. The van der Waals surface area contributed by atoms with Crippen molar-refractivity contribution in [3.05, 3.63) is 24.3 Å². The smallest absolute Gasteiger partial charge is 0.223 e. The van der Waals surface area contributed by atoms with Gasteiger partial charge in [0.1, 0.15) is 5.75 Å². The lowest BCUT2D eigenvalue weighted by atomic mass is 10.2. The van der Waals surface area contributed by atoms with Crippen LogP contribution >= 0.6 is 0 Å². The molecule has 7 heteroatoms. The molecule has 0 aliphatic carbocycles. The van der Waals surface area contributed by atoms with Crippen LogP contribution in [0, 0.1) is 5.92 Å². The highest BCUT2D eigenvalue weighted by atomic mass is 16.5. The molecule has 2 N–H and O–H groups in total. The van der Waals surface area contributed by atoms with Gasteiger partial charge in [-0.25, -0.2) is 0 Å². The van der Waals surface area contributed by atoms with Crippen LogP contribution in [0.2, 0.25) is 0 Å². The number of nitrogens with one attached hydrogen (secondary N) is 2. The van der Waals surface area contributed by atoms with Crippen LogP contribution in [0.15, 0.2) is 29.3 Å². The zero-order valence-electron chi connectivity index (χ0n) is 18.8. The second-order valence-corrected chi connectivity index (χ2v) is 7.83. The van der Waals surface area contributed by atoms with Crippen molar-refractivity contribution in [1.29, 1.82) is 0 Å². The SMILES string of the molecule is CC(C)COCCCN=C(NCCC(=O)N(C)C)Nc1ccc(OC(C)C)cc1. The Labute approximate surface area is 175 Å².